The van der Waals surface area contributed by atoms with E-state index < -0.39 is 10.0 Å². The molecule has 1 rings (SSSR count). The van der Waals surface area contributed by atoms with E-state index in [-0.39, 0.29) is 16.4 Å². The van der Waals surface area contributed by atoms with Crippen molar-refractivity contribution < 1.29 is 8.42 Å². The van der Waals surface area contributed by atoms with Crippen molar-refractivity contribution in [3.8, 4) is 6.07 Å². The minimum Gasteiger partial charge on any atom is -0.211 e. The average Bonchev–Trinajstić information content (AvgIpc) is 2.35. The first-order valence-electron chi connectivity index (χ1n) is 5.91. The number of nitrogens with one attached hydrogen (secondary N) is 1. The van der Waals surface area contributed by atoms with Gasteiger partial charge in [-0.1, -0.05) is 32.4 Å². The summed E-state index contributed by atoms with van der Waals surface area (Å²) in [5, 5.41) is 9.04. The van der Waals surface area contributed by atoms with Gasteiger partial charge in [-0.3, -0.25) is 0 Å². The number of nitriles is 1. The molecule has 1 N–H and O–H groups in total. The molecular formula is C13H18N2O2S. The minimum absolute atomic E-state index is 0.0632. The van der Waals surface area contributed by atoms with Gasteiger partial charge in [-0.2, -0.15) is 5.26 Å². The zero-order valence-corrected chi connectivity index (χ0v) is 11.7. The van der Waals surface area contributed by atoms with Crippen LogP contribution in [0.4, 0.5) is 0 Å². The Hall–Kier alpha value is -1.38. The Morgan fingerprint density at radius 1 is 1.44 bits per heavy atom. The van der Waals surface area contributed by atoms with E-state index in [0.717, 1.165) is 6.42 Å². The van der Waals surface area contributed by atoms with E-state index in [9.17, 15) is 8.42 Å². The zero-order chi connectivity index (χ0) is 13.8. The maximum atomic E-state index is 12.1. The van der Waals surface area contributed by atoms with Crippen LogP contribution in [0.15, 0.2) is 23.1 Å². The molecule has 0 aliphatic rings. The Bertz CT molecular complexity index is 559. The number of hydrogen-bond donors (Lipinski definition) is 1. The monoisotopic (exact) mass is 266 g/mol. The highest BCUT2D eigenvalue weighted by molar-refractivity contribution is 7.89. The van der Waals surface area contributed by atoms with E-state index in [2.05, 4.69) is 4.72 Å². The number of rotatable bonds is 5. The van der Waals surface area contributed by atoms with Crippen LogP contribution in [0.2, 0.25) is 0 Å². The number of hydrogen-bond acceptors (Lipinski definition) is 3. The maximum absolute atomic E-state index is 12.1. The van der Waals surface area contributed by atoms with E-state index >= 15 is 0 Å². The van der Waals surface area contributed by atoms with Crippen molar-refractivity contribution in [3.63, 3.8) is 0 Å². The third-order valence-corrected chi connectivity index (χ3v) is 4.42. The molecule has 0 heterocycles. The molecular weight excluding hydrogens is 248 g/mol. The third kappa shape index (κ3) is 3.31. The Morgan fingerprint density at radius 3 is 2.67 bits per heavy atom. The molecule has 0 radical (unpaired) electrons. The molecule has 0 aliphatic carbocycles. The van der Waals surface area contributed by atoms with Crippen LogP contribution >= 0.6 is 0 Å². The first-order valence-corrected chi connectivity index (χ1v) is 7.40. The molecule has 0 aromatic heterocycles. The fourth-order valence-corrected chi connectivity index (χ4v) is 2.87. The second-order valence-electron chi connectivity index (χ2n) is 4.43. The summed E-state index contributed by atoms with van der Waals surface area (Å²) >= 11 is 0. The summed E-state index contributed by atoms with van der Waals surface area (Å²) in [7, 11) is -3.60. The van der Waals surface area contributed by atoms with Crippen LogP contribution < -0.4 is 4.72 Å². The normalized spacial score (nSPS) is 13.0. The highest BCUT2D eigenvalue weighted by Crippen LogP contribution is 2.18. The molecule has 0 amide bonds. The summed E-state index contributed by atoms with van der Waals surface area (Å²) in [6.45, 7) is 6.10. The Balaban J connectivity index is 3.07. The molecule has 0 spiro atoms. The summed E-state index contributed by atoms with van der Waals surface area (Å²) in [5.41, 5.74) is 0.887. The lowest BCUT2D eigenvalue weighted by molar-refractivity contribution is 0.528. The van der Waals surface area contributed by atoms with Gasteiger partial charge in [0.1, 0.15) is 6.07 Å². The minimum atomic E-state index is -3.60. The Labute approximate surface area is 109 Å². The van der Waals surface area contributed by atoms with Crippen molar-refractivity contribution in [3.05, 3.63) is 29.3 Å². The van der Waals surface area contributed by atoms with Crippen molar-refractivity contribution in [2.24, 2.45) is 5.92 Å². The fourth-order valence-electron chi connectivity index (χ4n) is 1.48. The van der Waals surface area contributed by atoms with Gasteiger partial charge < -0.3 is 0 Å². The van der Waals surface area contributed by atoms with Crippen molar-refractivity contribution >= 4 is 10.0 Å². The molecule has 5 heteroatoms. The average molecular weight is 266 g/mol. The van der Waals surface area contributed by atoms with Crippen LogP contribution in [0.5, 0.6) is 0 Å². The highest BCUT2D eigenvalue weighted by Gasteiger charge is 2.19. The van der Waals surface area contributed by atoms with Gasteiger partial charge in [0.15, 0.2) is 0 Å². The van der Waals surface area contributed by atoms with Gasteiger partial charge in [0.2, 0.25) is 10.0 Å². The largest absolute Gasteiger partial charge is 0.241 e. The standard InChI is InChI=1S/C13H18N2O2S/c1-4-10(2)9-15-18(16,17)13-7-5-6-11(3)12(13)8-14/h5-7,10,15H,4,9H2,1-3H3. The number of aryl methyl sites for hydroxylation is 1. The van der Waals surface area contributed by atoms with E-state index in [1.165, 1.54) is 6.07 Å². The summed E-state index contributed by atoms with van der Waals surface area (Å²) in [4.78, 5) is 0.0632. The lowest BCUT2D eigenvalue weighted by Gasteiger charge is -2.12. The first-order chi connectivity index (χ1) is 8.42. The van der Waals surface area contributed by atoms with Gasteiger partial charge in [-0.25, -0.2) is 13.1 Å². The van der Waals surface area contributed by atoms with E-state index in [0.29, 0.717) is 12.1 Å². The van der Waals surface area contributed by atoms with Gasteiger partial charge >= 0.3 is 0 Å². The topological polar surface area (TPSA) is 70.0 Å². The number of benzene rings is 1. The molecule has 0 fully saturated rings. The van der Waals surface area contributed by atoms with Gasteiger partial charge in [0, 0.05) is 6.54 Å². The second kappa shape index (κ2) is 5.98. The lowest BCUT2D eigenvalue weighted by Crippen LogP contribution is -2.29. The van der Waals surface area contributed by atoms with Crippen LogP contribution in [-0.4, -0.2) is 15.0 Å². The van der Waals surface area contributed by atoms with Gasteiger partial charge in [0.05, 0.1) is 10.5 Å². The van der Waals surface area contributed by atoms with Crippen LogP contribution in [0, 0.1) is 24.2 Å². The lowest BCUT2D eigenvalue weighted by atomic mass is 10.1. The Kier molecular flexibility index (Phi) is 4.88. The zero-order valence-electron chi connectivity index (χ0n) is 10.9. The predicted molar refractivity (Wildman–Crippen MR) is 70.5 cm³/mol. The van der Waals surface area contributed by atoms with E-state index in [4.69, 9.17) is 5.26 Å². The van der Waals surface area contributed by atoms with Crippen LogP contribution in [0.3, 0.4) is 0 Å². The van der Waals surface area contributed by atoms with Crippen LogP contribution in [0.25, 0.3) is 0 Å². The highest BCUT2D eigenvalue weighted by atomic mass is 32.2. The number of nitrogens with zero attached hydrogens (tertiary/aromatic N) is 1. The Morgan fingerprint density at radius 2 is 2.11 bits per heavy atom. The molecule has 1 aromatic carbocycles. The van der Waals surface area contributed by atoms with E-state index in [1.54, 1.807) is 19.1 Å². The van der Waals surface area contributed by atoms with Gasteiger partial charge in [0.25, 0.3) is 0 Å². The SMILES string of the molecule is CCC(C)CNS(=O)(=O)c1cccc(C)c1C#N. The van der Waals surface area contributed by atoms with E-state index in [1.807, 2.05) is 19.9 Å². The molecule has 0 aliphatic heterocycles. The summed E-state index contributed by atoms with van der Waals surface area (Å²) in [5.74, 6) is 0.273. The first kappa shape index (κ1) is 14.7. The molecule has 0 saturated carbocycles. The molecule has 1 unspecified atom stereocenters. The van der Waals surface area contributed by atoms with Crippen LogP contribution in [0.1, 0.15) is 31.4 Å². The summed E-state index contributed by atoms with van der Waals surface area (Å²) in [6, 6.07) is 6.79. The summed E-state index contributed by atoms with van der Waals surface area (Å²) in [6.07, 6.45) is 0.904. The predicted octanol–water partition coefficient (Wildman–Crippen LogP) is 2.19. The van der Waals surface area contributed by atoms with Crippen molar-refractivity contribution in [2.75, 3.05) is 6.54 Å². The quantitative estimate of drug-likeness (QED) is 0.888. The summed E-state index contributed by atoms with van der Waals surface area (Å²) < 4.78 is 26.8. The van der Waals surface area contributed by atoms with Gasteiger partial charge in [-0.05, 0) is 24.5 Å². The third-order valence-electron chi connectivity index (χ3n) is 2.95. The molecule has 98 valence electrons. The number of sulfonamides is 1. The maximum Gasteiger partial charge on any atom is 0.241 e. The van der Waals surface area contributed by atoms with Crippen molar-refractivity contribution in [2.45, 2.75) is 32.1 Å². The molecule has 1 aromatic rings. The molecule has 4 nitrogen and oxygen atoms in total. The molecule has 0 bridgehead atoms. The molecule has 18 heavy (non-hydrogen) atoms. The van der Waals surface area contributed by atoms with Crippen molar-refractivity contribution in [1.29, 1.82) is 5.26 Å². The molecule has 0 saturated heterocycles. The van der Waals surface area contributed by atoms with Crippen LogP contribution in [-0.2, 0) is 10.0 Å². The fraction of sp³-hybridized carbons (Fsp3) is 0.462. The second-order valence-corrected chi connectivity index (χ2v) is 6.16. The van der Waals surface area contributed by atoms with Crippen molar-refractivity contribution in [1.82, 2.24) is 4.72 Å². The van der Waals surface area contributed by atoms with Gasteiger partial charge in [-0.15, -0.1) is 0 Å². The smallest absolute Gasteiger partial charge is 0.211 e. The molecule has 1 atom stereocenters.